The van der Waals surface area contributed by atoms with Gasteiger partial charge in [0.05, 0.1) is 18.1 Å². The summed E-state index contributed by atoms with van der Waals surface area (Å²) in [6, 6.07) is -0.197. The molecule has 2 aliphatic carbocycles. The monoisotopic (exact) mass is 294 g/mol. The number of imide groups is 1. The Morgan fingerprint density at radius 2 is 1.90 bits per heavy atom. The van der Waals surface area contributed by atoms with E-state index in [0.717, 1.165) is 38.5 Å². The summed E-state index contributed by atoms with van der Waals surface area (Å²) in [4.78, 5) is 26.3. The molecule has 3 fully saturated rings. The molecule has 1 N–H and O–H groups in total. The molecule has 1 saturated heterocycles. The number of methoxy groups -OCH3 is 1. The van der Waals surface area contributed by atoms with Crippen LogP contribution in [0.4, 0.5) is 0 Å². The van der Waals surface area contributed by atoms with E-state index in [0.29, 0.717) is 13.0 Å². The Labute approximate surface area is 126 Å². The minimum Gasteiger partial charge on any atom is -0.377 e. The summed E-state index contributed by atoms with van der Waals surface area (Å²) >= 11 is 0. The average Bonchev–Trinajstić information content (AvgIpc) is 2.74. The van der Waals surface area contributed by atoms with E-state index in [1.165, 1.54) is 12.8 Å². The number of likely N-dealkylation sites (tertiary alicyclic amines) is 1. The van der Waals surface area contributed by atoms with Gasteiger partial charge in [-0.25, -0.2) is 0 Å². The number of ether oxygens (including phenoxy) is 1. The molecule has 0 aromatic carbocycles. The number of hydrogen-bond donors (Lipinski definition) is 1. The lowest BCUT2D eigenvalue weighted by atomic mass is 9.80. The molecule has 21 heavy (non-hydrogen) atoms. The van der Waals surface area contributed by atoms with Gasteiger partial charge in [0.15, 0.2) is 0 Å². The largest absolute Gasteiger partial charge is 0.377 e. The number of hydrogen-bond acceptors (Lipinski definition) is 4. The van der Waals surface area contributed by atoms with Crippen LogP contribution in [-0.2, 0) is 14.3 Å². The van der Waals surface area contributed by atoms with Gasteiger partial charge in [0.25, 0.3) is 0 Å². The molecule has 5 heteroatoms. The second-order valence-electron chi connectivity index (χ2n) is 6.77. The molecular formula is C16H26N2O3. The van der Waals surface area contributed by atoms with Gasteiger partial charge in [-0.3, -0.25) is 14.5 Å². The quantitative estimate of drug-likeness (QED) is 0.783. The summed E-state index contributed by atoms with van der Waals surface area (Å²) in [5.41, 5.74) is -0.110. The molecule has 0 radical (unpaired) electrons. The highest BCUT2D eigenvalue weighted by Gasteiger charge is 2.44. The zero-order chi connectivity index (χ0) is 14.9. The van der Waals surface area contributed by atoms with Gasteiger partial charge in [0, 0.05) is 19.7 Å². The Hall–Kier alpha value is -0.940. The molecule has 1 aliphatic heterocycles. The molecule has 118 valence electrons. The van der Waals surface area contributed by atoms with Gasteiger partial charge in [0.1, 0.15) is 0 Å². The summed E-state index contributed by atoms with van der Waals surface area (Å²) in [5.74, 6) is -0.0121. The molecule has 1 unspecified atom stereocenters. The van der Waals surface area contributed by atoms with E-state index < -0.39 is 0 Å². The summed E-state index contributed by atoms with van der Waals surface area (Å²) in [5, 5.41) is 3.29. The fraction of sp³-hybridized carbons (Fsp3) is 0.875. The second-order valence-corrected chi connectivity index (χ2v) is 6.77. The Bertz CT molecular complexity index is 408. The van der Waals surface area contributed by atoms with Crippen molar-refractivity contribution in [1.82, 2.24) is 10.2 Å². The van der Waals surface area contributed by atoms with Gasteiger partial charge in [-0.05, 0) is 32.1 Å². The number of carbonyl (C=O) groups is 2. The summed E-state index contributed by atoms with van der Waals surface area (Å²) in [6.45, 7) is 0.672. The van der Waals surface area contributed by atoms with Crippen LogP contribution in [0.3, 0.4) is 0 Å². The standard InChI is InChI=1S/C16H26N2O3/c1-21-16(8-5-9-16)11-17-13-10-14(19)18(15(13)20)12-6-3-2-4-7-12/h12-13,17H,2-11H2,1H3. The van der Waals surface area contributed by atoms with E-state index in [2.05, 4.69) is 5.32 Å². The van der Waals surface area contributed by atoms with Crippen molar-refractivity contribution in [3.05, 3.63) is 0 Å². The zero-order valence-electron chi connectivity index (χ0n) is 12.9. The minimum absolute atomic E-state index is 0.00414. The van der Waals surface area contributed by atoms with E-state index in [1.54, 1.807) is 12.0 Å². The van der Waals surface area contributed by atoms with Crippen molar-refractivity contribution in [3.63, 3.8) is 0 Å². The fourth-order valence-electron chi connectivity index (χ4n) is 3.87. The Morgan fingerprint density at radius 1 is 1.19 bits per heavy atom. The second kappa shape index (κ2) is 6.05. The van der Waals surface area contributed by atoms with Crippen LogP contribution in [0.25, 0.3) is 0 Å². The van der Waals surface area contributed by atoms with Gasteiger partial charge >= 0.3 is 0 Å². The molecule has 2 saturated carbocycles. The van der Waals surface area contributed by atoms with Crippen LogP contribution in [-0.4, -0.2) is 48.1 Å². The van der Waals surface area contributed by atoms with E-state index >= 15 is 0 Å². The minimum atomic E-state index is -0.341. The molecule has 1 atom stereocenters. The highest BCUT2D eigenvalue weighted by Crippen LogP contribution is 2.35. The Balaban J connectivity index is 1.58. The molecule has 1 heterocycles. The highest BCUT2D eigenvalue weighted by molar-refractivity contribution is 6.05. The van der Waals surface area contributed by atoms with Gasteiger partial charge in [0.2, 0.25) is 11.8 Å². The van der Waals surface area contributed by atoms with Gasteiger partial charge in [-0.1, -0.05) is 19.3 Å². The van der Waals surface area contributed by atoms with Crippen LogP contribution in [0.2, 0.25) is 0 Å². The van der Waals surface area contributed by atoms with Crippen molar-refractivity contribution in [1.29, 1.82) is 0 Å². The average molecular weight is 294 g/mol. The Morgan fingerprint density at radius 3 is 2.48 bits per heavy atom. The molecule has 0 bridgehead atoms. The fourth-order valence-corrected chi connectivity index (χ4v) is 3.87. The highest BCUT2D eigenvalue weighted by atomic mass is 16.5. The van der Waals surface area contributed by atoms with Gasteiger partial charge in [-0.15, -0.1) is 0 Å². The predicted octanol–water partition coefficient (Wildman–Crippen LogP) is 1.61. The lowest BCUT2D eigenvalue weighted by Crippen LogP contribution is -2.52. The van der Waals surface area contributed by atoms with Crippen LogP contribution >= 0.6 is 0 Å². The van der Waals surface area contributed by atoms with Crippen molar-refractivity contribution < 1.29 is 14.3 Å². The number of rotatable bonds is 5. The molecule has 5 nitrogen and oxygen atoms in total. The third-order valence-electron chi connectivity index (χ3n) is 5.49. The maximum atomic E-state index is 12.5. The lowest BCUT2D eigenvalue weighted by Gasteiger charge is -2.41. The van der Waals surface area contributed by atoms with E-state index in [-0.39, 0.29) is 29.5 Å². The van der Waals surface area contributed by atoms with Crippen molar-refractivity contribution in [2.24, 2.45) is 0 Å². The summed E-state index contributed by atoms with van der Waals surface area (Å²) < 4.78 is 5.57. The van der Waals surface area contributed by atoms with E-state index in [4.69, 9.17) is 4.74 Å². The molecule has 0 aromatic heterocycles. The van der Waals surface area contributed by atoms with Crippen LogP contribution in [0.5, 0.6) is 0 Å². The SMILES string of the molecule is COC1(CNC2CC(=O)N(C3CCCCC3)C2=O)CCC1. The number of nitrogens with zero attached hydrogens (tertiary/aromatic N) is 1. The molecule has 0 aromatic rings. The molecular weight excluding hydrogens is 268 g/mol. The van der Waals surface area contributed by atoms with Gasteiger partial charge in [-0.2, -0.15) is 0 Å². The first-order valence-electron chi connectivity index (χ1n) is 8.30. The Kier molecular flexibility index (Phi) is 4.31. The van der Waals surface area contributed by atoms with Crippen LogP contribution in [0, 0.1) is 0 Å². The molecule has 3 aliphatic rings. The first-order chi connectivity index (χ1) is 10.2. The van der Waals surface area contributed by atoms with Crippen LogP contribution in [0.15, 0.2) is 0 Å². The van der Waals surface area contributed by atoms with E-state index in [9.17, 15) is 9.59 Å². The number of nitrogens with one attached hydrogen (secondary N) is 1. The topological polar surface area (TPSA) is 58.6 Å². The maximum Gasteiger partial charge on any atom is 0.247 e. The van der Waals surface area contributed by atoms with Crippen molar-refractivity contribution in [2.45, 2.75) is 75.5 Å². The smallest absolute Gasteiger partial charge is 0.247 e. The van der Waals surface area contributed by atoms with Crippen LogP contribution in [0.1, 0.15) is 57.8 Å². The zero-order valence-corrected chi connectivity index (χ0v) is 12.9. The number of carbonyl (C=O) groups excluding carboxylic acids is 2. The van der Waals surface area contributed by atoms with Gasteiger partial charge < -0.3 is 10.1 Å². The molecule has 3 rings (SSSR count). The number of amides is 2. The van der Waals surface area contributed by atoms with Crippen molar-refractivity contribution >= 4 is 11.8 Å². The molecule has 0 spiro atoms. The first kappa shape index (κ1) is 15.0. The lowest BCUT2D eigenvalue weighted by molar-refractivity contribution is -0.142. The third kappa shape index (κ3) is 2.86. The summed E-state index contributed by atoms with van der Waals surface area (Å²) in [6.07, 6.45) is 9.02. The first-order valence-corrected chi connectivity index (χ1v) is 8.30. The predicted molar refractivity (Wildman–Crippen MR) is 78.7 cm³/mol. The normalized spacial score (nSPS) is 29.8. The van der Waals surface area contributed by atoms with Crippen molar-refractivity contribution in [3.8, 4) is 0 Å². The van der Waals surface area contributed by atoms with Crippen LogP contribution < -0.4 is 5.32 Å². The van der Waals surface area contributed by atoms with Crippen molar-refractivity contribution in [2.75, 3.05) is 13.7 Å². The molecule has 2 amide bonds. The third-order valence-corrected chi connectivity index (χ3v) is 5.49. The maximum absolute atomic E-state index is 12.5. The van der Waals surface area contributed by atoms with E-state index in [1.807, 2.05) is 0 Å². The summed E-state index contributed by atoms with van der Waals surface area (Å²) in [7, 11) is 1.73.